The Bertz CT molecular complexity index is 219. The molecule has 0 bridgehead atoms. The van der Waals surface area contributed by atoms with Crippen molar-refractivity contribution in [2.75, 3.05) is 6.79 Å². The Labute approximate surface area is 108 Å². The summed E-state index contributed by atoms with van der Waals surface area (Å²) in [5.41, 5.74) is -0.964. The molecule has 0 N–H and O–H groups in total. The molecule has 0 saturated carbocycles. The van der Waals surface area contributed by atoms with Gasteiger partial charge in [0.2, 0.25) is 6.79 Å². The molecule has 0 aliphatic carbocycles. The zero-order chi connectivity index (χ0) is 12.9. The summed E-state index contributed by atoms with van der Waals surface area (Å²) >= 11 is 4.90. The lowest BCUT2D eigenvalue weighted by atomic mass is 10.1. The Morgan fingerprint density at radius 3 is 2.12 bits per heavy atom. The Kier molecular flexibility index (Phi) is 11.2. The molecule has 0 aliphatic heterocycles. The number of carbonyl (C=O) groups excluding carboxylic acids is 2. The molecular formula is C12H21ClO4. The molecule has 0 rings (SSSR count). The van der Waals surface area contributed by atoms with Crippen molar-refractivity contribution in [1.82, 2.24) is 0 Å². The zero-order valence-electron chi connectivity index (χ0n) is 10.4. The van der Waals surface area contributed by atoms with Gasteiger partial charge in [0.1, 0.15) is 0 Å². The van der Waals surface area contributed by atoms with Gasteiger partial charge in [0.05, 0.1) is 0 Å². The molecule has 5 heteroatoms. The van der Waals surface area contributed by atoms with Crippen LogP contribution in [0, 0.1) is 0 Å². The maximum absolute atomic E-state index is 11.1. The zero-order valence-corrected chi connectivity index (χ0v) is 11.1. The molecule has 0 saturated heterocycles. The van der Waals surface area contributed by atoms with E-state index in [1.807, 2.05) is 0 Å². The maximum atomic E-state index is 11.1. The minimum Gasteiger partial charge on any atom is -0.428 e. The van der Waals surface area contributed by atoms with Gasteiger partial charge in [-0.3, -0.25) is 4.79 Å². The maximum Gasteiger partial charge on any atom is 0.406 e. The molecule has 0 heterocycles. The SMILES string of the molecule is CCCCCCCCCC(=O)OCOC(=O)Cl. The van der Waals surface area contributed by atoms with Gasteiger partial charge < -0.3 is 9.47 Å². The first kappa shape index (κ1) is 16.2. The van der Waals surface area contributed by atoms with E-state index in [4.69, 9.17) is 11.6 Å². The predicted molar refractivity (Wildman–Crippen MR) is 65.9 cm³/mol. The number of halogens is 1. The smallest absolute Gasteiger partial charge is 0.406 e. The van der Waals surface area contributed by atoms with Crippen LogP contribution in [0.3, 0.4) is 0 Å². The molecule has 0 radical (unpaired) electrons. The fourth-order valence-electron chi connectivity index (χ4n) is 1.44. The Hall–Kier alpha value is -0.770. The number of esters is 1. The fraction of sp³-hybridized carbons (Fsp3) is 0.833. The van der Waals surface area contributed by atoms with Crippen LogP contribution in [-0.2, 0) is 14.3 Å². The first-order valence-corrected chi connectivity index (χ1v) is 6.52. The van der Waals surface area contributed by atoms with Crippen LogP contribution in [0.25, 0.3) is 0 Å². The third-order valence-electron chi connectivity index (χ3n) is 2.38. The number of carbonyl (C=O) groups is 2. The summed E-state index contributed by atoms with van der Waals surface area (Å²) in [6, 6.07) is 0. The van der Waals surface area contributed by atoms with Crippen molar-refractivity contribution in [3.63, 3.8) is 0 Å². The molecule has 0 aromatic heterocycles. The van der Waals surface area contributed by atoms with Gasteiger partial charge in [-0.2, -0.15) is 0 Å². The van der Waals surface area contributed by atoms with Gasteiger partial charge in [-0.25, -0.2) is 4.79 Å². The average Bonchev–Trinajstić information content (AvgIpc) is 2.27. The van der Waals surface area contributed by atoms with Crippen molar-refractivity contribution in [1.29, 1.82) is 0 Å². The van der Waals surface area contributed by atoms with Gasteiger partial charge in [-0.05, 0) is 6.42 Å². The van der Waals surface area contributed by atoms with E-state index in [2.05, 4.69) is 16.4 Å². The number of rotatable bonds is 10. The molecular weight excluding hydrogens is 244 g/mol. The number of hydrogen-bond acceptors (Lipinski definition) is 4. The van der Waals surface area contributed by atoms with E-state index < -0.39 is 12.2 Å². The third kappa shape index (κ3) is 13.2. The van der Waals surface area contributed by atoms with Crippen LogP contribution in [0.15, 0.2) is 0 Å². The van der Waals surface area contributed by atoms with Crippen LogP contribution in [0.2, 0.25) is 0 Å². The lowest BCUT2D eigenvalue weighted by molar-refractivity contribution is -0.151. The molecule has 0 aromatic rings. The minimum atomic E-state index is -0.964. The Morgan fingerprint density at radius 1 is 0.941 bits per heavy atom. The summed E-state index contributed by atoms with van der Waals surface area (Å²) in [6.07, 6.45) is 8.41. The van der Waals surface area contributed by atoms with E-state index in [1.165, 1.54) is 25.7 Å². The lowest BCUT2D eigenvalue weighted by Crippen LogP contribution is -2.09. The molecule has 0 aliphatic rings. The number of ether oxygens (including phenoxy) is 2. The van der Waals surface area contributed by atoms with Gasteiger partial charge in [0, 0.05) is 18.0 Å². The van der Waals surface area contributed by atoms with E-state index >= 15 is 0 Å². The monoisotopic (exact) mass is 264 g/mol. The molecule has 0 fully saturated rings. The molecule has 0 unspecified atom stereocenters. The topological polar surface area (TPSA) is 52.6 Å². The summed E-state index contributed by atoms with van der Waals surface area (Å²) in [6.45, 7) is 1.79. The predicted octanol–water partition coefficient (Wildman–Crippen LogP) is 4.00. The molecule has 100 valence electrons. The summed E-state index contributed by atoms with van der Waals surface area (Å²) in [5, 5.41) is 0. The summed E-state index contributed by atoms with van der Waals surface area (Å²) in [5.74, 6) is -0.350. The first-order valence-electron chi connectivity index (χ1n) is 6.14. The average molecular weight is 265 g/mol. The quantitative estimate of drug-likeness (QED) is 0.259. The van der Waals surface area contributed by atoms with Gasteiger partial charge >= 0.3 is 11.4 Å². The van der Waals surface area contributed by atoms with Crippen molar-refractivity contribution in [3.8, 4) is 0 Å². The summed E-state index contributed by atoms with van der Waals surface area (Å²) in [4.78, 5) is 21.3. The lowest BCUT2D eigenvalue weighted by Gasteiger charge is -2.03. The van der Waals surface area contributed by atoms with Crippen LogP contribution >= 0.6 is 11.6 Å². The highest BCUT2D eigenvalue weighted by atomic mass is 35.5. The van der Waals surface area contributed by atoms with Gasteiger partial charge in [0.25, 0.3) is 0 Å². The second kappa shape index (κ2) is 11.7. The number of unbranched alkanes of at least 4 members (excludes halogenated alkanes) is 6. The van der Waals surface area contributed by atoms with E-state index in [1.54, 1.807) is 0 Å². The second-order valence-electron chi connectivity index (χ2n) is 3.89. The molecule has 4 nitrogen and oxygen atoms in total. The van der Waals surface area contributed by atoms with Crippen LogP contribution in [0.5, 0.6) is 0 Å². The minimum absolute atomic E-state index is 0.350. The molecule has 0 amide bonds. The van der Waals surface area contributed by atoms with E-state index in [0.717, 1.165) is 19.3 Å². The highest BCUT2D eigenvalue weighted by molar-refractivity contribution is 6.61. The Morgan fingerprint density at radius 2 is 1.53 bits per heavy atom. The van der Waals surface area contributed by atoms with Crippen LogP contribution in [0.4, 0.5) is 4.79 Å². The standard InChI is InChI=1S/C12H21ClO4/c1-2-3-4-5-6-7-8-9-11(14)16-10-17-12(13)15/h2-10H2,1H3. The van der Waals surface area contributed by atoms with Crippen molar-refractivity contribution in [2.24, 2.45) is 0 Å². The Balaban J connectivity index is 3.19. The summed E-state index contributed by atoms with van der Waals surface area (Å²) < 4.78 is 8.90. The first-order chi connectivity index (χ1) is 8.16. The van der Waals surface area contributed by atoms with E-state index in [0.29, 0.717) is 6.42 Å². The second-order valence-corrected chi connectivity index (χ2v) is 4.20. The molecule has 0 atom stereocenters. The molecule has 0 spiro atoms. The van der Waals surface area contributed by atoms with Gasteiger partial charge in [0.15, 0.2) is 0 Å². The van der Waals surface area contributed by atoms with Crippen molar-refractivity contribution < 1.29 is 19.1 Å². The highest BCUT2D eigenvalue weighted by Crippen LogP contribution is 2.08. The number of hydrogen-bond donors (Lipinski definition) is 0. The third-order valence-corrected chi connectivity index (χ3v) is 2.49. The summed E-state index contributed by atoms with van der Waals surface area (Å²) in [7, 11) is 0. The largest absolute Gasteiger partial charge is 0.428 e. The van der Waals surface area contributed by atoms with Gasteiger partial charge in [-0.15, -0.1) is 0 Å². The van der Waals surface area contributed by atoms with E-state index in [9.17, 15) is 9.59 Å². The van der Waals surface area contributed by atoms with Crippen molar-refractivity contribution in [3.05, 3.63) is 0 Å². The van der Waals surface area contributed by atoms with Gasteiger partial charge in [-0.1, -0.05) is 45.4 Å². The van der Waals surface area contributed by atoms with Crippen molar-refractivity contribution >= 4 is 23.0 Å². The normalized spacial score (nSPS) is 10.0. The van der Waals surface area contributed by atoms with Crippen molar-refractivity contribution in [2.45, 2.75) is 58.3 Å². The van der Waals surface area contributed by atoms with Crippen LogP contribution < -0.4 is 0 Å². The fourth-order valence-corrected chi connectivity index (χ4v) is 1.48. The van der Waals surface area contributed by atoms with Crippen LogP contribution in [0.1, 0.15) is 58.3 Å². The molecule has 17 heavy (non-hydrogen) atoms. The van der Waals surface area contributed by atoms with E-state index in [-0.39, 0.29) is 5.97 Å². The highest BCUT2D eigenvalue weighted by Gasteiger charge is 2.03. The molecule has 0 aromatic carbocycles. The van der Waals surface area contributed by atoms with Crippen LogP contribution in [-0.4, -0.2) is 18.2 Å².